The van der Waals surface area contributed by atoms with Gasteiger partial charge in [-0.25, -0.2) is 8.78 Å². The van der Waals surface area contributed by atoms with Crippen molar-refractivity contribution in [1.82, 2.24) is 0 Å². The van der Waals surface area contributed by atoms with E-state index in [2.05, 4.69) is 0 Å². The van der Waals surface area contributed by atoms with Gasteiger partial charge in [0.1, 0.15) is 0 Å². The van der Waals surface area contributed by atoms with Crippen molar-refractivity contribution in [3.8, 4) is 0 Å². The van der Waals surface area contributed by atoms with Crippen LogP contribution < -0.4 is 29.6 Å². The molecule has 0 atom stereocenters. The van der Waals surface area contributed by atoms with Crippen LogP contribution in [0.1, 0.15) is 0 Å². The smallest absolute Gasteiger partial charge is 0.415 e. The van der Waals surface area contributed by atoms with Crippen molar-refractivity contribution in [3.63, 3.8) is 0 Å². The molecule has 0 aromatic heterocycles. The summed E-state index contributed by atoms with van der Waals surface area (Å²) in [7, 11) is 0. The van der Waals surface area contributed by atoms with Crippen LogP contribution >= 0.6 is 0 Å². The van der Waals surface area contributed by atoms with Gasteiger partial charge < -0.3 is 8.78 Å². The molecule has 0 saturated carbocycles. The summed E-state index contributed by atoms with van der Waals surface area (Å²) in [4.78, 5) is 0. The fraction of sp³-hybridized carbons (Fsp3) is 0.667. The van der Waals surface area contributed by atoms with Crippen LogP contribution in [0.3, 0.4) is 0 Å². The maximum atomic E-state index is 11.1. The van der Waals surface area contributed by atoms with Crippen LogP contribution in [0.5, 0.6) is 0 Å². The zero-order chi connectivity index (χ0) is 8.58. The summed E-state index contributed by atoms with van der Waals surface area (Å²) in [5.41, 5.74) is 0. The molecule has 0 rings (SSSR count). The van der Waals surface area contributed by atoms with Gasteiger partial charge >= 0.3 is 35.7 Å². The largest absolute Gasteiger partial charge is 1.00 e. The van der Waals surface area contributed by atoms with Crippen molar-refractivity contribution in [1.29, 1.82) is 0 Å². The van der Waals surface area contributed by atoms with E-state index in [0.717, 1.165) is 0 Å². The average molecular weight is 192 g/mol. The quantitative estimate of drug-likeness (QED) is 0.301. The number of halogens is 7. The van der Waals surface area contributed by atoms with E-state index in [-0.39, 0.29) is 29.6 Å². The third kappa shape index (κ3) is 3.16. The molecular weight excluding hydrogens is 192 g/mol. The molecule has 11 heavy (non-hydrogen) atoms. The first-order valence-corrected chi connectivity index (χ1v) is 1.82. The zero-order valence-corrected chi connectivity index (χ0v) is 7.15. The van der Waals surface area contributed by atoms with Gasteiger partial charge in [0.15, 0.2) is 0 Å². The SMILES string of the molecule is F[C-](F)C(F)(F)C(F)(F)F.[Na+]. The van der Waals surface area contributed by atoms with E-state index in [1.54, 1.807) is 0 Å². The molecule has 0 aromatic rings. The second-order valence-electron chi connectivity index (χ2n) is 1.33. The van der Waals surface area contributed by atoms with Crippen molar-refractivity contribution in [2.75, 3.05) is 0 Å². The summed E-state index contributed by atoms with van der Waals surface area (Å²) in [6, 6.07) is 0. The van der Waals surface area contributed by atoms with Gasteiger partial charge in [-0.2, -0.15) is 13.2 Å². The summed E-state index contributed by atoms with van der Waals surface area (Å²) in [6.07, 6.45) is -10.1. The van der Waals surface area contributed by atoms with Gasteiger partial charge in [-0.15, -0.1) is 0 Å². The van der Waals surface area contributed by atoms with E-state index >= 15 is 0 Å². The Morgan fingerprint density at radius 2 is 1.09 bits per heavy atom. The Hall–Kier alpha value is 0.510. The summed E-state index contributed by atoms with van der Waals surface area (Å²) in [5, 5.41) is 0. The van der Waals surface area contributed by atoms with E-state index < -0.39 is 18.5 Å². The Balaban J connectivity index is 0. The number of hydrogen-bond acceptors (Lipinski definition) is 0. The predicted molar refractivity (Wildman–Crippen MR) is 16.5 cm³/mol. The van der Waals surface area contributed by atoms with Gasteiger partial charge in [0.2, 0.25) is 0 Å². The van der Waals surface area contributed by atoms with Gasteiger partial charge in [0.05, 0.1) is 6.43 Å². The van der Waals surface area contributed by atoms with Crippen LogP contribution in [0.15, 0.2) is 0 Å². The molecular formula is C3F7Na. The summed E-state index contributed by atoms with van der Waals surface area (Å²) >= 11 is 0. The molecule has 0 aliphatic carbocycles. The number of rotatable bonds is 1. The van der Waals surface area contributed by atoms with Crippen molar-refractivity contribution >= 4 is 0 Å². The first-order valence-electron chi connectivity index (χ1n) is 1.82. The Kier molecular flexibility index (Phi) is 5.05. The van der Waals surface area contributed by atoms with Gasteiger partial charge in [0, 0.05) is 0 Å². The minimum atomic E-state index is -6.20. The van der Waals surface area contributed by atoms with E-state index in [0.29, 0.717) is 0 Å². The Labute approximate surface area is 79.0 Å². The van der Waals surface area contributed by atoms with Gasteiger partial charge in [-0.1, -0.05) is 0 Å². The third-order valence-corrected chi connectivity index (χ3v) is 0.593. The fourth-order valence-corrected chi connectivity index (χ4v) is 0.107. The zero-order valence-electron chi connectivity index (χ0n) is 5.15. The molecule has 0 aromatic carbocycles. The van der Waals surface area contributed by atoms with Crippen LogP contribution in [0, 0.1) is 6.43 Å². The topological polar surface area (TPSA) is 0 Å². The fourth-order valence-electron chi connectivity index (χ4n) is 0.107. The molecule has 0 fully saturated rings. The molecule has 0 nitrogen and oxygen atoms in total. The van der Waals surface area contributed by atoms with Crippen LogP contribution in [-0.4, -0.2) is 12.1 Å². The molecule has 0 saturated heterocycles. The van der Waals surface area contributed by atoms with Crippen LogP contribution in [-0.2, 0) is 0 Å². The van der Waals surface area contributed by atoms with Crippen LogP contribution in [0.25, 0.3) is 0 Å². The summed E-state index contributed by atoms with van der Waals surface area (Å²) in [6.45, 7) is 0. The van der Waals surface area contributed by atoms with Crippen molar-refractivity contribution < 1.29 is 60.3 Å². The van der Waals surface area contributed by atoms with E-state index in [1.807, 2.05) is 0 Å². The van der Waals surface area contributed by atoms with E-state index in [1.165, 1.54) is 0 Å². The van der Waals surface area contributed by atoms with Crippen molar-refractivity contribution in [2.45, 2.75) is 12.1 Å². The van der Waals surface area contributed by atoms with Gasteiger partial charge in [-0.05, 0) is 0 Å². The second-order valence-corrected chi connectivity index (χ2v) is 1.33. The molecule has 0 bridgehead atoms. The molecule has 0 amide bonds. The summed E-state index contributed by atoms with van der Waals surface area (Å²) in [5.74, 6) is -5.98. The molecule has 0 heterocycles. The van der Waals surface area contributed by atoms with E-state index in [4.69, 9.17) is 0 Å². The molecule has 8 heteroatoms. The molecule has 62 valence electrons. The molecule has 0 N–H and O–H groups in total. The Morgan fingerprint density at radius 1 is 0.818 bits per heavy atom. The van der Waals surface area contributed by atoms with Gasteiger partial charge in [-0.3, -0.25) is 0 Å². The Bertz CT molecular complexity index is 115. The molecule has 0 aliphatic rings. The second kappa shape index (κ2) is 3.95. The molecule has 0 aliphatic heterocycles. The normalized spacial score (nSPS) is 13.1. The Morgan fingerprint density at radius 3 is 1.09 bits per heavy atom. The summed E-state index contributed by atoms with van der Waals surface area (Å²) < 4.78 is 76.3. The predicted octanol–water partition coefficient (Wildman–Crippen LogP) is -0.384. The minimum absolute atomic E-state index is 0. The molecule has 0 spiro atoms. The first-order chi connectivity index (χ1) is 4.19. The van der Waals surface area contributed by atoms with E-state index in [9.17, 15) is 30.7 Å². The van der Waals surface area contributed by atoms with Crippen molar-refractivity contribution in [3.05, 3.63) is 6.43 Å². The first kappa shape index (κ1) is 14.1. The number of hydrogen-bond donors (Lipinski definition) is 0. The third-order valence-electron chi connectivity index (χ3n) is 0.593. The van der Waals surface area contributed by atoms with Crippen molar-refractivity contribution in [2.24, 2.45) is 0 Å². The van der Waals surface area contributed by atoms with Crippen LogP contribution in [0.2, 0.25) is 0 Å². The minimum Gasteiger partial charge on any atom is -0.415 e. The maximum absolute atomic E-state index is 11.1. The maximum Gasteiger partial charge on any atom is 1.00 e. The monoisotopic (exact) mass is 192 g/mol. The molecule has 0 radical (unpaired) electrons. The molecule has 0 unspecified atom stereocenters. The number of alkyl halides is 5. The average Bonchev–Trinajstić information content (AvgIpc) is 1.62. The van der Waals surface area contributed by atoms with Crippen LogP contribution in [0.4, 0.5) is 30.7 Å². The van der Waals surface area contributed by atoms with Gasteiger partial charge in [0.25, 0.3) is 5.92 Å². The standard InChI is InChI=1S/C3F7.Na/c4-1(5)2(6,7)3(8,9)10;/q-1;+1.